The average Bonchev–Trinajstić information content (AvgIpc) is 3.05. The van der Waals surface area contributed by atoms with Crippen molar-refractivity contribution in [1.29, 1.82) is 0 Å². The average molecular weight is 462 g/mol. The topological polar surface area (TPSA) is 64.0 Å². The van der Waals surface area contributed by atoms with Gasteiger partial charge in [-0.15, -0.1) is 11.8 Å². The number of benzene rings is 1. The van der Waals surface area contributed by atoms with E-state index in [1.54, 1.807) is 24.4 Å². The van der Waals surface area contributed by atoms with Crippen molar-refractivity contribution in [2.75, 3.05) is 59.1 Å². The van der Waals surface area contributed by atoms with Crippen LogP contribution in [-0.4, -0.2) is 85.5 Å². The van der Waals surface area contributed by atoms with Gasteiger partial charge >= 0.3 is 12.1 Å². The summed E-state index contributed by atoms with van der Waals surface area (Å²) in [6.07, 6.45) is 1.11. The molecule has 0 N–H and O–H groups in total. The molecule has 7 nitrogen and oxygen atoms in total. The lowest BCUT2D eigenvalue weighted by molar-refractivity contribution is -0.140. The predicted octanol–water partition coefficient (Wildman–Crippen LogP) is 3.66. The summed E-state index contributed by atoms with van der Waals surface area (Å²) in [4.78, 5) is 27.9. The van der Waals surface area contributed by atoms with E-state index in [0.717, 1.165) is 5.39 Å². The van der Waals surface area contributed by atoms with E-state index in [-0.39, 0.29) is 18.3 Å². The first-order valence-corrected chi connectivity index (χ1v) is 10.9. The minimum atomic E-state index is -0.496. The van der Waals surface area contributed by atoms with Crippen LogP contribution in [0, 0.1) is 0 Å². The molecule has 29 heavy (non-hydrogen) atoms. The standard InChI is InChI=1S/C19H25Cl2N3O4S/c1-22(2)6-8-27-18(25)12-29-13-23(3)7-9-28-19(26)24-5-4-15-16(21)10-14(20)11-17(15)24/h4-5,10-11H,6-9,12-13H2,1-3H3. The van der Waals surface area contributed by atoms with Gasteiger partial charge in [-0.2, -0.15) is 0 Å². The van der Waals surface area contributed by atoms with Gasteiger partial charge in [0.2, 0.25) is 0 Å². The molecular weight excluding hydrogens is 437 g/mol. The third-order valence-electron chi connectivity index (χ3n) is 3.95. The first-order chi connectivity index (χ1) is 13.8. The number of hydrogen-bond acceptors (Lipinski definition) is 7. The van der Waals surface area contributed by atoms with Crippen molar-refractivity contribution in [2.45, 2.75) is 0 Å². The molecule has 0 spiro atoms. The van der Waals surface area contributed by atoms with E-state index < -0.39 is 6.09 Å². The number of halogens is 2. The molecule has 0 aliphatic heterocycles. The van der Waals surface area contributed by atoms with Crippen molar-refractivity contribution in [3.8, 4) is 0 Å². The summed E-state index contributed by atoms with van der Waals surface area (Å²) in [5, 5.41) is 1.67. The largest absolute Gasteiger partial charge is 0.464 e. The molecule has 0 radical (unpaired) electrons. The molecule has 0 aliphatic rings. The van der Waals surface area contributed by atoms with Gasteiger partial charge in [0.05, 0.1) is 16.3 Å². The highest BCUT2D eigenvalue weighted by molar-refractivity contribution is 7.99. The van der Waals surface area contributed by atoms with Gasteiger partial charge in [0.25, 0.3) is 0 Å². The Morgan fingerprint density at radius 1 is 1.10 bits per heavy atom. The van der Waals surface area contributed by atoms with Crippen molar-refractivity contribution in [3.05, 3.63) is 34.4 Å². The second-order valence-electron chi connectivity index (χ2n) is 6.70. The molecule has 2 rings (SSSR count). The third-order valence-corrected chi connectivity index (χ3v) is 5.54. The Balaban J connectivity index is 1.69. The van der Waals surface area contributed by atoms with E-state index in [0.29, 0.717) is 41.1 Å². The number of likely N-dealkylation sites (N-methyl/N-ethyl adjacent to an activating group) is 2. The maximum Gasteiger partial charge on any atom is 0.418 e. The molecule has 0 fully saturated rings. The van der Waals surface area contributed by atoms with Crippen LogP contribution in [-0.2, 0) is 14.3 Å². The molecule has 1 heterocycles. The Morgan fingerprint density at radius 2 is 1.83 bits per heavy atom. The highest BCUT2D eigenvalue weighted by Crippen LogP contribution is 2.28. The lowest BCUT2D eigenvalue weighted by atomic mass is 10.2. The number of hydrogen-bond donors (Lipinski definition) is 0. The van der Waals surface area contributed by atoms with E-state index in [9.17, 15) is 9.59 Å². The van der Waals surface area contributed by atoms with Crippen LogP contribution < -0.4 is 0 Å². The lowest BCUT2D eigenvalue weighted by Crippen LogP contribution is -2.26. The van der Waals surface area contributed by atoms with Gasteiger partial charge in [-0.25, -0.2) is 4.79 Å². The first kappa shape index (κ1) is 23.8. The zero-order valence-corrected chi connectivity index (χ0v) is 19.0. The number of nitrogens with zero attached hydrogens (tertiary/aromatic N) is 3. The number of thioether (sulfide) groups is 1. The van der Waals surface area contributed by atoms with Crippen molar-refractivity contribution < 1.29 is 19.1 Å². The van der Waals surface area contributed by atoms with E-state index in [4.69, 9.17) is 32.7 Å². The van der Waals surface area contributed by atoms with Gasteiger partial charge < -0.3 is 14.4 Å². The molecule has 0 saturated heterocycles. The van der Waals surface area contributed by atoms with E-state index in [2.05, 4.69) is 0 Å². The van der Waals surface area contributed by atoms with Crippen LogP contribution in [0.2, 0.25) is 10.0 Å². The van der Waals surface area contributed by atoms with Gasteiger partial charge in [0, 0.05) is 35.6 Å². The lowest BCUT2D eigenvalue weighted by Gasteiger charge is -2.16. The number of carbonyl (C=O) groups is 2. The van der Waals surface area contributed by atoms with Crippen LogP contribution in [0.5, 0.6) is 0 Å². The zero-order chi connectivity index (χ0) is 21.4. The van der Waals surface area contributed by atoms with Crippen LogP contribution in [0.3, 0.4) is 0 Å². The molecule has 160 valence electrons. The van der Waals surface area contributed by atoms with Gasteiger partial charge in [-0.05, 0) is 39.3 Å². The monoisotopic (exact) mass is 461 g/mol. The molecule has 1 aromatic heterocycles. The third kappa shape index (κ3) is 7.71. The van der Waals surface area contributed by atoms with Crippen LogP contribution in [0.15, 0.2) is 24.4 Å². The molecule has 0 bridgehead atoms. The molecule has 0 saturated carbocycles. The van der Waals surface area contributed by atoms with Gasteiger partial charge in [0.1, 0.15) is 13.2 Å². The van der Waals surface area contributed by atoms with Crippen LogP contribution in [0.4, 0.5) is 4.79 Å². The maximum atomic E-state index is 12.3. The fourth-order valence-electron chi connectivity index (χ4n) is 2.42. The van der Waals surface area contributed by atoms with Crippen LogP contribution in [0.25, 0.3) is 10.9 Å². The summed E-state index contributed by atoms with van der Waals surface area (Å²) < 4.78 is 11.8. The quantitative estimate of drug-likeness (QED) is 0.395. The summed E-state index contributed by atoms with van der Waals surface area (Å²) in [5.74, 6) is 0.681. The van der Waals surface area contributed by atoms with Crippen molar-refractivity contribution in [2.24, 2.45) is 0 Å². The SMILES string of the molecule is CN(C)CCOC(=O)CSCN(C)CCOC(=O)n1ccc2c(Cl)cc(Cl)cc21. The highest BCUT2D eigenvalue weighted by atomic mass is 35.5. The number of ether oxygens (including phenoxy) is 2. The minimum absolute atomic E-state index is 0.219. The Bertz CT molecular complexity index is 844. The first-order valence-electron chi connectivity index (χ1n) is 8.98. The van der Waals surface area contributed by atoms with Crippen molar-refractivity contribution in [1.82, 2.24) is 14.4 Å². The Morgan fingerprint density at radius 3 is 2.55 bits per heavy atom. The summed E-state index contributed by atoms with van der Waals surface area (Å²) in [7, 11) is 5.74. The van der Waals surface area contributed by atoms with Crippen LogP contribution >= 0.6 is 35.0 Å². The number of rotatable bonds is 10. The smallest absolute Gasteiger partial charge is 0.418 e. The Hall–Kier alpha value is -1.45. The Labute approximate surface area is 184 Å². The van der Waals surface area contributed by atoms with E-state index in [1.165, 1.54) is 16.3 Å². The van der Waals surface area contributed by atoms with E-state index in [1.807, 2.05) is 30.9 Å². The number of carbonyl (C=O) groups excluding carboxylic acids is 2. The predicted molar refractivity (Wildman–Crippen MR) is 118 cm³/mol. The highest BCUT2D eigenvalue weighted by Gasteiger charge is 2.13. The summed E-state index contributed by atoms with van der Waals surface area (Å²) >= 11 is 13.6. The molecule has 1 aromatic carbocycles. The fraction of sp³-hybridized carbons (Fsp3) is 0.474. The molecule has 0 aliphatic carbocycles. The van der Waals surface area contributed by atoms with Gasteiger partial charge in [-0.3, -0.25) is 14.3 Å². The molecule has 0 amide bonds. The molecule has 10 heteroatoms. The van der Waals surface area contributed by atoms with Crippen molar-refractivity contribution >= 4 is 57.9 Å². The summed E-state index contributed by atoms with van der Waals surface area (Å²) in [5.41, 5.74) is 0.601. The molecule has 0 unspecified atom stereocenters. The van der Waals surface area contributed by atoms with Gasteiger partial charge in [0.15, 0.2) is 0 Å². The van der Waals surface area contributed by atoms with Crippen LogP contribution in [0.1, 0.15) is 0 Å². The fourth-order valence-corrected chi connectivity index (χ4v) is 3.74. The second kappa shape index (κ2) is 11.7. The molecule has 0 atom stereocenters. The number of fused-ring (bicyclic) bond motifs is 1. The normalized spacial score (nSPS) is 11.4. The summed E-state index contributed by atoms with van der Waals surface area (Å²) in [6.45, 7) is 1.85. The maximum absolute atomic E-state index is 12.3. The van der Waals surface area contributed by atoms with Gasteiger partial charge in [-0.1, -0.05) is 23.2 Å². The summed E-state index contributed by atoms with van der Waals surface area (Å²) in [6, 6.07) is 5.05. The second-order valence-corrected chi connectivity index (χ2v) is 8.50. The molecule has 2 aromatic rings. The minimum Gasteiger partial charge on any atom is -0.464 e. The zero-order valence-electron chi connectivity index (χ0n) is 16.7. The van der Waals surface area contributed by atoms with E-state index >= 15 is 0 Å². The number of esters is 1. The van der Waals surface area contributed by atoms with Crippen molar-refractivity contribution in [3.63, 3.8) is 0 Å². The number of aromatic nitrogens is 1. The Kier molecular flexibility index (Phi) is 9.58. The molecular formula is C19H25Cl2N3O4S.